The van der Waals surface area contributed by atoms with E-state index >= 15 is 0 Å². The molecule has 3 heterocycles. The monoisotopic (exact) mass is 324 g/mol. The fourth-order valence-electron chi connectivity index (χ4n) is 2.72. The summed E-state index contributed by atoms with van der Waals surface area (Å²) < 4.78 is 44.4. The second kappa shape index (κ2) is 4.70. The van der Waals surface area contributed by atoms with Crippen LogP contribution in [0.3, 0.4) is 0 Å². The second-order valence-corrected chi connectivity index (χ2v) is 6.38. The molecule has 1 aliphatic heterocycles. The molecule has 0 aliphatic carbocycles. The summed E-state index contributed by atoms with van der Waals surface area (Å²) in [7, 11) is 0. The fraction of sp³-hybridized carbons (Fsp3) is 0.467. The van der Waals surface area contributed by atoms with Crippen LogP contribution < -0.4 is 0 Å². The Kier molecular flexibility index (Phi) is 3.23. The van der Waals surface area contributed by atoms with Crippen LogP contribution in [-0.4, -0.2) is 20.2 Å². The van der Waals surface area contributed by atoms with E-state index in [0.717, 1.165) is 18.3 Å². The Morgan fingerprint density at radius 2 is 1.65 bits per heavy atom. The summed E-state index contributed by atoms with van der Waals surface area (Å²) in [5, 5.41) is 8.05. The number of hydrogen-bond donors (Lipinski definition) is 0. The summed E-state index contributed by atoms with van der Waals surface area (Å²) in [6.45, 7) is 7.36. The molecule has 0 unspecified atom stereocenters. The van der Waals surface area contributed by atoms with Gasteiger partial charge < -0.3 is 4.74 Å². The van der Waals surface area contributed by atoms with Crippen LogP contribution >= 0.6 is 0 Å². The molecule has 0 aromatic carbocycles. The number of rotatable bonds is 1. The maximum atomic E-state index is 12.8. The first-order valence-corrected chi connectivity index (χ1v) is 7.00. The summed E-state index contributed by atoms with van der Waals surface area (Å²) in [5.41, 5.74) is -0.993. The second-order valence-electron chi connectivity index (χ2n) is 6.38. The zero-order valence-electron chi connectivity index (χ0n) is 13.1. The zero-order valence-corrected chi connectivity index (χ0v) is 13.1. The Morgan fingerprint density at radius 1 is 1.00 bits per heavy atom. The van der Waals surface area contributed by atoms with E-state index in [4.69, 9.17) is 4.74 Å². The van der Waals surface area contributed by atoms with Gasteiger partial charge in [0.05, 0.1) is 5.56 Å². The Balaban J connectivity index is 2.11. The van der Waals surface area contributed by atoms with E-state index in [1.807, 2.05) is 27.7 Å². The molecule has 0 bridgehead atoms. The van der Waals surface area contributed by atoms with E-state index in [1.165, 1.54) is 0 Å². The Labute approximate surface area is 130 Å². The van der Waals surface area contributed by atoms with Crippen LogP contribution in [0.25, 0.3) is 11.5 Å². The van der Waals surface area contributed by atoms with Crippen LogP contribution in [0.15, 0.2) is 18.3 Å². The summed E-state index contributed by atoms with van der Waals surface area (Å²) in [4.78, 5) is 8.29. The van der Waals surface area contributed by atoms with Crippen molar-refractivity contribution >= 4 is 0 Å². The molecule has 0 atom stereocenters. The molecule has 0 amide bonds. The highest BCUT2D eigenvalue weighted by Gasteiger charge is 2.46. The van der Waals surface area contributed by atoms with Gasteiger partial charge in [-0.2, -0.15) is 13.2 Å². The Morgan fingerprint density at radius 3 is 2.30 bits per heavy atom. The molecule has 0 radical (unpaired) electrons. The molecule has 122 valence electrons. The highest BCUT2D eigenvalue weighted by molar-refractivity contribution is 5.51. The number of nitrogens with zero attached hydrogens (tertiary/aromatic N) is 4. The molecular formula is C15H15F3N4O. The van der Waals surface area contributed by atoms with Crippen molar-refractivity contribution < 1.29 is 17.9 Å². The minimum Gasteiger partial charge on any atom is -0.357 e. The maximum Gasteiger partial charge on any atom is 0.416 e. The van der Waals surface area contributed by atoms with Crippen LogP contribution in [0.4, 0.5) is 13.2 Å². The predicted octanol–water partition coefficient (Wildman–Crippen LogP) is 3.45. The third-order valence-corrected chi connectivity index (χ3v) is 3.65. The number of aromatic nitrogens is 4. The first-order chi connectivity index (χ1) is 10.5. The molecule has 2 aromatic heterocycles. The van der Waals surface area contributed by atoms with Crippen molar-refractivity contribution in [2.75, 3.05) is 0 Å². The van der Waals surface area contributed by atoms with Crippen LogP contribution in [-0.2, 0) is 22.1 Å². The van der Waals surface area contributed by atoms with Crippen molar-refractivity contribution in [3.8, 4) is 11.5 Å². The van der Waals surface area contributed by atoms with Crippen LogP contribution in [0.2, 0.25) is 0 Å². The molecule has 0 saturated heterocycles. The number of alkyl halides is 3. The number of hydrogen-bond acceptors (Lipinski definition) is 5. The first-order valence-electron chi connectivity index (χ1n) is 7.00. The van der Waals surface area contributed by atoms with Gasteiger partial charge in [0.15, 0.2) is 0 Å². The van der Waals surface area contributed by atoms with Crippen LogP contribution in [0.5, 0.6) is 0 Å². The molecule has 2 aromatic rings. The van der Waals surface area contributed by atoms with E-state index in [1.54, 1.807) is 0 Å². The van der Waals surface area contributed by atoms with Crippen LogP contribution in [0, 0.1) is 0 Å². The lowest BCUT2D eigenvalue weighted by Crippen LogP contribution is -2.23. The Hall–Kier alpha value is -2.09. The van der Waals surface area contributed by atoms with E-state index in [0.29, 0.717) is 11.4 Å². The molecular weight excluding hydrogens is 309 g/mol. The molecule has 0 N–H and O–H groups in total. The highest BCUT2D eigenvalue weighted by Crippen LogP contribution is 2.44. The van der Waals surface area contributed by atoms with Gasteiger partial charge in [-0.1, -0.05) is 0 Å². The molecule has 3 rings (SSSR count). The third-order valence-electron chi connectivity index (χ3n) is 3.65. The van der Waals surface area contributed by atoms with Crippen molar-refractivity contribution in [3.05, 3.63) is 35.3 Å². The summed E-state index contributed by atoms with van der Waals surface area (Å²) in [6, 6.07) is 1.82. The van der Waals surface area contributed by atoms with Gasteiger partial charge in [-0.3, -0.25) is 4.98 Å². The SMILES string of the molecule is CC1(C)OC(C)(C)c2nc(-c3cc(C(F)(F)F)ccn3)nnc21. The van der Waals surface area contributed by atoms with Crippen molar-refractivity contribution in [1.82, 2.24) is 20.2 Å². The van der Waals surface area contributed by atoms with Gasteiger partial charge in [0, 0.05) is 6.20 Å². The lowest BCUT2D eigenvalue weighted by atomic mass is 10.0. The van der Waals surface area contributed by atoms with Gasteiger partial charge in [-0.05, 0) is 39.8 Å². The summed E-state index contributed by atoms with van der Waals surface area (Å²) in [5.74, 6) is 0.0456. The molecule has 23 heavy (non-hydrogen) atoms. The smallest absolute Gasteiger partial charge is 0.357 e. The van der Waals surface area contributed by atoms with E-state index in [2.05, 4.69) is 20.2 Å². The van der Waals surface area contributed by atoms with Gasteiger partial charge in [0.1, 0.15) is 28.3 Å². The Bertz CT molecular complexity index is 772. The van der Waals surface area contributed by atoms with Gasteiger partial charge in [0.2, 0.25) is 5.82 Å². The molecule has 0 saturated carbocycles. The minimum atomic E-state index is -4.45. The number of fused-ring (bicyclic) bond motifs is 1. The van der Waals surface area contributed by atoms with Gasteiger partial charge in [0.25, 0.3) is 0 Å². The number of halogens is 3. The van der Waals surface area contributed by atoms with Crippen molar-refractivity contribution in [1.29, 1.82) is 0 Å². The summed E-state index contributed by atoms with van der Waals surface area (Å²) >= 11 is 0. The largest absolute Gasteiger partial charge is 0.416 e. The number of pyridine rings is 1. The van der Waals surface area contributed by atoms with Crippen molar-refractivity contribution in [2.45, 2.75) is 45.1 Å². The normalized spacial score (nSPS) is 18.7. The molecule has 8 heteroatoms. The average molecular weight is 324 g/mol. The maximum absolute atomic E-state index is 12.8. The molecule has 0 fully saturated rings. The van der Waals surface area contributed by atoms with E-state index < -0.39 is 22.9 Å². The standard InChI is InChI=1S/C15H15F3N4O/c1-13(2)10-11(14(3,4)23-13)21-22-12(20-10)9-7-8(5-6-19-9)15(16,17)18/h5-7H,1-4H3. The minimum absolute atomic E-state index is 0.0237. The van der Waals surface area contributed by atoms with Gasteiger partial charge >= 0.3 is 6.18 Å². The molecule has 0 spiro atoms. The van der Waals surface area contributed by atoms with E-state index in [9.17, 15) is 13.2 Å². The zero-order chi connectivity index (χ0) is 17.0. The molecule has 5 nitrogen and oxygen atoms in total. The molecule has 1 aliphatic rings. The topological polar surface area (TPSA) is 60.8 Å². The lowest BCUT2D eigenvalue weighted by Gasteiger charge is -2.23. The van der Waals surface area contributed by atoms with Gasteiger partial charge in [-0.15, -0.1) is 10.2 Å². The highest BCUT2D eigenvalue weighted by atomic mass is 19.4. The number of ether oxygens (including phenoxy) is 1. The third kappa shape index (κ3) is 2.67. The predicted molar refractivity (Wildman–Crippen MR) is 75.2 cm³/mol. The quantitative estimate of drug-likeness (QED) is 0.804. The van der Waals surface area contributed by atoms with Crippen molar-refractivity contribution in [3.63, 3.8) is 0 Å². The average Bonchev–Trinajstić information content (AvgIpc) is 2.63. The summed E-state index contributed by atoms with van der Waals surface area (Å²) in [6.07, 6.45) is -3.37. The van der Waals surface area contributed by atoms with Gasteiger partial charge in [-0.25, -0.2) is 4.98 Å². The van der Waals surface area contributed by atoms with E-state index in [-0.39, 0.29) is 11.5 Å². The van der Waals surface area contributed by atoms with Crippen LogP contribution in [0.1, 0.15) is 44.6 Å². The van der Waals surface area contributed by atoms with Crippen molar-refractivity contribution in [2.24, 2.45) is 0 Å². The lowest BCUT2D eigenvalue weighted by molar-refractivity contribution is -0.137. The fourth-order valence-corrected chi connectivity index (χ4v) is 2.72. The first kappa shape index (κ1) is 15.8.